The zero-order valence-corrected chi connectivity index (χ0v) is 17.4. The zero-order chi connectivity index (χ0) is 16.5. The van der Waals surface area contributed by atoms with Crippen molar-refractivity contribution in [2.75, 3.05) is 0 Å². The van der Waals surface area contributed by atoms with Crippen molar-refractivity contribution >= 4 is 37.7 Å². The third kappa shape index (κ3) is 16.1. The Morgan fingerprint density at radius 2 is 0.810 bits per heavy atom. The Morgan fingerprint density at radius 1 is 0.619 bits per heavy atom. The molecule has 0 bridgehead atoms. The van der Waals surface area contributed by atoms with Gasteiger partial charge >= 0.3 is 49.6 Å². The summed E-state index contributed by atoms with van der Waals surface area (Å²) in [5, 5.41) is 17.5. The van der Waals surface area contributed by atoms with E-state index in [9.17, 15) is 0 Å². The molecule has 21 heavy (non-hydrogen) atoms. The topological polar surface area (TPSA) is 40.5 Å². The molecule has 0 aliphatic rings. The molecule has 0 saturated carbocycles. The van der Waals surface area contributed by atoms with Crippen molar-refractivity contribution in [3.63, 3.8) is 0 Å². The first kappa shape index (κ1) is 20.9. The summed E-state index contributed by atoms with van der Waals surface area (Å²) in [6.45, 7) is 3.97. The van der Waals surface area contributed by atoms with Crippen molar-refractivity contribution in [3.8, 4) is 11.5 Å². The second kappa shape index (κ2) is 10.6. The van der Waals surface area contributed by atoms with Gasteiger partial charge in [-0.2, -0.15) is 0 Å². The van der Waals surface area contributed by atoms with E-state index in [4.69, 9.17) is 47.9 Å². The molecular weight excluding hydrogens is 526 g/mol. The quantitative estimate of drug-likeness (QED) is 0.420. The fourth-order valence-corrected chi connectivity index (χ4v) is 1.09. The van der Waals surface area contributed by atoms with Crippen molar-refractivity contribution in [1.29, 1.82) is 0 Å². The molecule has 2 aromatic rings. The van der Waals surface area contributed by atoms with Crippen LogP contribution in [-0.4, -0.2) is 10.2 Å². The number of halogens is 4. The first-order chi connectivity index (χ1) is 9.58. The summed E-state index contributed by atoms with van der Waals surface area (Å²) in [7, 11) is 20.1. The Bertz CT molecular complexity index is 418. The number of phenols is 2. The van der Waals surface area contributed by atoms with Gasteiger partial charge in [0.25, 0.3) is 0 Å². The van der Waals surface area contributed by atoms with E-state index in [0.29, 0.717) is 11.5 Å². The van der Waals surface area contributed by atoms with Crippen molar-refractivity contribution in [2.45, 2.75) is 13.8 Å². The molecule has 0 atom stereocenters. The first-order valence-electron chi connectivity index (χ1n) is 5.71. The van der Waals surface area contributed by atoms with Crippen LogP contribution in [0.5, 0.6) is 11.5 Å². The Balaban J connectivity index is 0.000000296. The van der Waals surface area contributed by atoms with E-state index in [2.05, 4.69) is 0 Å². The number of benzene rings is 2. The molecule has 2 nitrogen and oxygen atoms in total. The summed E-state index contributed by atoms with van der Waals surface area (Å²) in [6.07, 6.45) is 0. The molecule has 0 unspecified atom stereocenters. The summed E-state index contributed by atoms with van der Waals surface area (Å²) >= 11 is -3.28. The second-order valence-electron chi connectivity index (χ2n) is 4.02. The minimum atomic E-state index is -3.28. The molecule has 2 N–H and O–H groups in total. The molecule has 0 spiro atoms. The van der Waals surface area contributed by atoms with E-state index in [1.54, 1.807) is 24.3 Å². The molecular formula is C14H16Cl4O2W. The van der Waals surface area contributed by atoms with Crippen molar-refractivity contribution in [2.24, 2.45) is 0 Å². The minimum absolute atomic E-state index is 0.329. The van der Waals surface area contributed by atoms with Gasteiger partial charge in [0.1, 0.15) is 11.5 Å². The number of rotatable bonds is 0. The molecule has 0 aliphatic carbocycles. The molecule has 2 aromatic carbocycles. The third-order valence-corrected chi connectivity index (χ3v) is 2.07. The van der Waals surface area contributed by atoms with E-state index in [1.165, 1.54) is 11.1 Å². The van der Waals surface area contributed by atoms with Crippen molar-refractivity contribution in [1.82, 2.24) is 0 Å². The maximum atomic E-state index is 8.76. The Labute approximate surface area is 144 Å². The van der Waals surface area contributed by atoms with E-state index in [0.717, 1.165) is 0 Å². The summed E-state index contributed by atoms with van der Waals surface area (Å²) in [5.41, 5.74) is 2.34. The van der Waals surface area contributed by atoms with Gasteiger partial charge in [0, 0.05) is 0 Å². The summed E-state index contributed by atoms with van der Waals surface area (Å²) in [4.78, 5) is 0. The SMILES string of the molecule is Cc1ccc(O)cc1.Cc1ccc(O)cc1.[Cl][W]([Cl])([Cl])[Cl]. The second-order valence-corrected chi connectivity index (χ2v) is 29.4. The number of aromatic hydroxyl groups is 2. The number of hydrogen-bond donors (Lipinski definition) is 2. The van der Waals surface area contributed by atoms with Gasteiger partial charge in [-0.3, -0.25) is 0 Å². The predicted octanol–water partition coefficient (Wildman–Crippen LogP) is 6.16. The molecule has 118 valence electrons. The van der Waals surface area contributed by atoms with Gasteiger partial charge in [0.05, 0.1) is 0 Å². The van der Waals surface area contributed by atoms with Crippen LogP contribution in [-0.2, 0) is 11.9 Å². The van der Waals surface area contributed by atoms with E-state index in [-0.39, 0.29) is 0 Å². The molecule has 0 aromatic heterocycles. The fraction of sp³-hybridized carbons (Fsp3) is 0.143. The van der Waals surface area contributed by atoms with Crippen LogP contribution in [0, 0.1) is 13.8 Å². The van der Waals surface area contributed by atoms with Crippen LogP contribution in [0.4, 0.5) is 0 Å². The van der Waals surface area contributed by atoms with E-state index in [1.807, 2.05) is 38.1 Å². The van der Waals surface area contributed by atoms with Gasteiger partial charge in [-0.1, -0.05) is 35.4 Å². The average Bonchev–Trinajstić information content (AvgIpc) is 2.35. The molecule has 0 amide bonds. The molecule has 0 heterocycles. The van der Waals surface area contributed by atoms with Crippen LogP contribution < -0.4 is 0 Å². The monoisotopic (exact) mass is 540 g/mol. The molecule has 0 aliphatic heterocycles. The van der Waals surface area contributed by atoms with Crippen LogP contribution in [0.25, 0.3) is 0 Å². The fourth-order valence-electron chi connectivity index (χ4n) is 1.09. The van der Waals surface area contributed by atoms with Gasteiger partial charge in [-0.05, 0) is 38.1 Å². The summed E-state index contributed by atoms with van der Waals surface area (Å²) in [5.74, 6) is 0.659. The average molecular weight is 542 g/mol. The van der Waals surface area contributed by atoms with Gasteiger partial charge in [-0.25, -0.2) is 0 Å². The van der Waals surface area contributed by atoms with Gasteiger partial charge < -0.3 is 10.2 Å². The first-order valence-corrected chi connectivity index (χ1v) is 20.2. The summed E-state index contributed by atoms with van der Waals surface area (Å²) in [6, 6.07) is 14.2. The van der Waals surface area contributed by atoms with Crippen LogP contribution in [0.3, 0.4) is 0 Å². The van der Waals surface area contributed by atoms with E-state index >= 15 is 0 Å². The maximum absolute atomic E-state index is 8.76. The Kier molecular flexibility index (Phi) is 10.5. The standard InChI is InChI=1S/2C7H8O.4ClH.W/c2*1-6-2-4-7(8)5-3-6;;;;;/h2*2-5,8H,1H3;4*1H;/q;;;;;;+4/p-4. The normalized spacial score (nSPS) is 10.6. The van der Waals surface area contributed by atoms with Crippen molar-refractivity contribution < 1.29 is 22.1 Å². The van der Waals surface area contributed by atoms with Gasteiger partial charge in [0.2, 0.25) is 0 Å². The predicted molar refractivity (Wildman–Crippen MR) is 89.1 cm³/mol. The number of phenolic OH excluding ortho intramolecular Hbond substituents is 2. The molecule has 2 rings (SSSR count). The van der Waals surface area contributed by atoms with Crippen LogP contribution in [0.1, 0.15) is 11.1 Å². The van der Waals surface area contributed by atoms with Crippen LogP contribution in [0.15, 0.2) is 48.5 Å². The van der Waals surface area contributed by atoms with E-state index < -0.39 is 11.9 Å². The molecule has 0 saturated heterocycles. The Morgan fingerprint density at radius 3 is 0.952 bits per heavy atom. The molecule has 0 fully saturated rings. The molecule has 0 radical (unpaired) electrons. The van der Waals surface area contributed by atoms with Crippen LogP contribution in [0.2, 0.25) is 0 Å². The van der Waals surface area contributed by atoms with Crippen molar-refractivity contribution in [3.05, 3.63) is 59.7 Å². The number of aryl methyl sites for hydroxylation is 2. The third-order valence-electron chi connectivity index (χ3n) is 2.07. The van der Waals surface area contributed by atoms with Gasteiger partial charge in [-0.15, -0.1) is 0 Å². The number of hydrogen-bond acceptors (Lipinski definition) is 2. The van der Waals surface area contributed by atoms with Gasteiger partial charge in [0.15, 0.2) is 0 Å². The zero-order valence-electron chi connectivity index (χ0n) is 11.4. The summed E-state index contributed by atoms with van der Waals surface area (Å²) < 4.78 is 0. The Hall–Kier alpha value is -0.112. The molecule has 7 heteroatoms. The van der Waals surface area contributed by atoms with Crippen LogP contribution >= 0.6 is 37.7 Å².